The van der Waals surface area contributed by atoms with Gasteiger partial charge in [0.1, 0.15) is 11.4 Å². The van der Waals surface area contributed by atoms with E-state index >= 15 is 0 Å². The van der Waals surface area contributed by atoms with Crippen molar-refractivity contribution in [3.63, 3.8) is 0 Å². The molecule has 23 heavy (non-hydrogen) atoms. The molecular weight excluding hydrogens is 290 g/mol. The minimum absolute atomic E-state index is 0.0210. The molecule has 120 valence electrons. The minimum atomic E-state index is -0.279. The van der Waals surface area contributed by atoms with Gasteiger partial charge in [0.25, 0.3) is 11.8 Å². The van der Waals surface area contributed by atoms with E-state index in [0.717, 1.165) is 12.0 Å². The van der Waals surface area contributed by atoms with Crippen LogP contribution in [-0.2, 0) is 6.42 Å². The number of amides is 2. The zero-order chi connectivity index (χ0) is 16.7. The first kappa shape index (κ1) is 16.7. The van der Waals surface area contributed by atoms with E-state index in [2.05, 4.69) is 15.6 Å². The van der Waals surface area contributed by atoms with Crippen LogP contribution in [0.5, 0.6) is 0 Å². The van der Waals surface area contributed by atoms with Crippen LogP contribution in [0.2, 0.25) is 0 Å². The van der Waals surface area contributed by atoms with Gasteiger partial charge in [0.05, 0.1) is 0 Å². The van der Waals surface area contributed by atoms with Crippen molar-refractivity contribution in [3.8, 4) is 0 Å². The zero-order valence-electron chi connectivity index (χ0n) is 13.4. The Labute approximate surface area is 136 Å². The Hall–Kier alpha value is -2.69. The largest absolute Gasteiger partial charge is 0.350 e. The Morgan fingerprint density at radius 2 is 1.61 bits per heavy atom. The third kappa shape index (κ3) is 5.21. The van der Waals surface area contributed by atoms with Crippen LogP contribution in [0.15, 0.2) is 48.5 Å². The maximum Gasteiger partial charge on any atom is 0.270 e. The molecule has 5 nitrogen and oxygen atoms in total. The molecule has 0 spiro atoms. The Bertz CT molecular complexity index is 669. The number of pyridine rings is 1. The molecule has 2 amide bonds. The summed E-state index contributed by atoms with van der Waals surface area (Å²) in [6.45, 7) is 4.27. The smallest absolute Gasteiger partial charge is 0.270 e. The summed E-state index contributed by atoms with van der Waals surface area (Å²) < 4.78 is 0. The van der Waals surface area contributed by atoms with Gasteiger partial charge in [0.15, 0.2) is 0 Å². The fourth-order valence-corrected chi connectivity index (χ4v) is 2.08. The van der Waals surface area contributed by atoms with Crippen LogP contribution in [0, 0.1) is 0 Å². The van der Waals surface area contributed by atoms with Gasteiger partial charge in [0, 0.05) is 12.6 Å². The van der Waals surface area contributed by atoms with Gasteiger partial charge in [-0.1, -0.05) is 36.4 Å². The summed E-state index contributed by atoms with van der Waals surface area (Å²) in [6, 6.07) is 14.8. The maximum atomic E-state index is 12.1. The van der Waals surface area contributed by atoms with Gasteiger partial charge < -0.3 is 10.6 Å². The summed E-state index contributed by atoms with van der Waals surface area (Å²) in [7, 11) is 0. The highest BCUT2D eigenvalue weighted by molar-refractivity contribution is 5.96. The fourth-order valence-electron chi connectivity index (χ4n) is 2.08. The molecule has 0 unspecified atom stereocenters. The lowest BCUT2D eigenvalue weighted by Crippen LogP contribution is -2.32. The average molecular weight is 311 g/mol. The highest BCUT2D eigenvalue weighted by Crippen LogP contribution is 2.02. The number of nitrogens with one attached hydrogen (secondary N) is 2. The third-order valence-corrected chi connectivity index (χ3v) is 3.18. The van der Waals surface area contributed by atoms with E-state index in [1.165, 1.54) is 0 Å². The molecule has 1 aromatic heterocycles. The molecule has 5 heteroatoms. The fraction of sp³-hybridized carbons (Fsp3) is 0.278. The molecule has 0 bridgehead atoms. The Kier molecular flexibility index (Phi) is 5.86. The number of benzene rings is 1. The van der Waals surface area contributed by atoms with Gasteiger partial charge in [-0.3, -0.25) is 9.59 Å². The Balaban J connectivity index is 1.93. The first-order valence-corrected chi connectivity index (χ1v) is 7.66. The number of rotatable bonds is 6. The van der Waals surface area contributed by atoms with Gasteiger partial charge in [-0.25, -0.2) is 4.98 Å². The summed E-state index contributed by atoms with van der Waals surface area (Å²) in [4.78, 5) is 28.2. The van der Waals surface area contributed by atoms with Crippen LogP contribution in [0.25, 0.3) is 0 Å². The molecule has 2 rings (SSSR count). The number of carbonyl (C=O) groups excluding carboxylic acids is 2. The number of carbonyl (C=O) groups is 2. The van der Waals surface area contributed by atoms with E-state index in [0.29, 0.717) is 6.54 Å². The maximum absolute atomic E-state index is 12.1. The Morgan fingerprint density at radius 1 is 0.957 bits per heavy atom. The summed E-state index contributed by atoms with van der Waals surface area (Å²) in [5, 5.41) is 5.58. The summed E-state index contributed by atoms with van der Waals surface area (Å²) in [5.41, 5.74) is 1.65. The molecule has 0 radical (unpaired) electrons. The summed E-state index contributed by atoms with van der Waals surface area (Å²) in [5.74, 6) is -0.556. The number of aromatic nitrogens is 1. The molecule has 2 N–H and O–H groups in total. The normalized spacial score (nSPS) is 10.4. The van der Waals surface area contributed by atoms with Crippen molar-refractivity contribution in [1.82, 2.24) is 15.6 Å². The molecule has 0 fully saturated rings. The monoisotopic (exact) mass is 311 g/mol. The topological polar surface area (TPSA) is 71.1 Å². The van der Waals surface area contributed by atoms with Gasteiger partial charge in [0.2, 0.25) is 0 Å². The second-order valence-electron chi connectivity index (χ2n) is 5.53. The quantitative estimate of drug-likeness (QED) is 0.859. The zero-order valence-corrected chi connectivity index (χ0v) is 13.4. The van der Waals surface area contributed by atoms with Gasteiger partial charge >= 0.3 is 0 Å². The van der Waals surface area contributed by atoms with Crippen molar-refractivity contribution in [2.45, 2.75) is 26.3 Å². The molecule has 0 atom stereocenters. The van der Waals surface area contributed by atoms with E-state index in [4.69, 9.17) is 0 Å². The van der Waals surface area contributed by atoms with E-state index in [1.54, 1.807) is 18.2 Å². The molecule has 0 saturated heterocycles. The van der Waals surface area contributed by atoms with Crippen LogP contribution in [0.3, 0.4) is 0 Å². The lowest BCUT2D eigenvalue weighted by Gasteiger charge is -2.09. The Morgan fingerprint density at radius 3 is 2.26 bits per heavy atom. The highest BCUT2D eigenvalue weighted by Gasteiger charge is 2.12. The SMILES string of the molecule is CC(C)NC(=O)c1cccc(C(=O)NCCc2ccccc2)n1. The van der Waals surface area contributed by atoms with E-state index in [1.807, 2.05) is 44.2 Å². The first-order valence-electron chi connectivity index (χ1n) is 7.66. The lowest BCUT2D eigenvalue weighted by atomic mass is 10.1. The summed E-state index contributed by atoms with van der Waals surface area (Å²) >= 11 is 0. The molecule has 1 heterocycles. The number of nitrogens with zero attached hydrogens (tertiary/aromatic N) is 1. The second kappa shape index (κ2) is 8.08. The van der Waals surface area contributed by atoms with E-state index < -0.39 is 0 Å². The lowest BCUT2D eigenvalue weighted by molar-refractivity contribution is 0.0937. The van der Waals surface area contributed by atoms with Crippen LogP contribution >= 0.6 is 0 Å². The number of hydrogen-bond donors (Lipinski definition) is 2. The van der Waals surface area contributed by atoms with Crippen LogP contribution < -0.4 is 10.6 Å². The summed E-state index contributed by atoms with van der Waals surface area (Å²) in [6.07, 6.45) is 0.750. The van der Waals surface area contributed by atoms with Crippen molar-refractivity contribution in [2.75, 3.05) is 6.54 Å². The van der Waals surface area contributed by atoms with Crippen LogP contribution in [0.4, 0.5) is 0 Å². The molecule has 0 saturated carbocycles. The average Bonchev–Trinajstić information content (AvgIpc) is 2.55. The van der Waals surface area contributed by atoms with Gasteiger partial charge in [-0.15, -0.1) is 0 Å². The second-order valence-corrected chi connectivity index (χ2v) is 5.53. The minimum Gasteiger partial charge on any atom is -0.350 e. The molecule has 0 aliphatic heterocycles. The highest BCUT2D eigenvalue weighted by atomic mass is 16.2. The predicted molar refractivity (Wildman–Crippen MR) is 89.3 cm³/mol. The molecule has 2 aromatic rings. The molecule has 0 aliphatic carbocycles. The van der Waals surface area contributed by atoms with Gasteiger partial charge in [-0.2, -0.15) is 0 Å². The number of hydrogen-bond acceptors (Lipinski definition) is 3. The van der Waals surface area contributed by atoms with Crippen LogP contribution in [-0.4, -0.2) is 29.4 Å². The van der Waals surface area contributed by atoms with E-state index in [-0.39, 0.29) is 29.2 Å². The van der Waals surface area contributed by atoms with E-state index in [9.17, 15) is 9.59 Å². The molecule has 0 aliphatic rings. The van der Waals surface area contributed by atoms with Crippen molar-refractivity contribution >= 4 is 11.8 Å². The third-order valence-electron chi connectivity index (χ3n) is 3.18. The molecular formula is C18H21N3O2. The molecule has 1 aromatic carbocycles. The van der Waals surface area contributed by atoms with Crippen molar-refractivity contribution in [3.05, 3.63) is 65.5 Å². The first-order chi connectivity index (χ1) is 11.1. The standard InChI is InChI=1S/C18H21N3O2/c1-13(2)20-18(23)16-10-6-9-15(21-16)17(22)19-12-11-14-7-4-3-5-8-14/h3-10,13H,11-12H2,1-2H3,(H,19,22)(H,20,23). The van der Waals surface area contributed by atoms with Gasteiger partial charge in [-0.05, 0) is 38.0 Å². The van der Waals surface area contributed by atoms with Crippen molar-refractivity contribution in [1.29, 1.82) is 0 Å². The predicted octanol–water partition coefficient (Wildman–Crippen LogP) is 2.19. The van der Waals surface area contributed by atoms with Crippen molar-refractivity contribution in [2.24, 2.45) is 0 Å². The van der Waals surface area contributed by atoms with Crippen LogP contribution in [0.1, 0.15) is 40.4 Å². The van der Waals surface area contributed by atoms with Crippen molar-refractivity contribution < 1.29 is 9.59 Å².